The van der Waals surface area contributed by atoms with Crippen LogP contribution in [0.15, 0.2) is 28.7 Å². The lowest BCUT2D eigenvalue weighted by atomic mass is 10.2. The minimum Gasteiger partial charge on any atom is -0.299 e. The number of aryl methyl sites for hydroxylation is 1. The SMILES string of the molecule is Cn1nnc(NC(=S)NC(=O)c2ccccc2Br)n1. The molecule has 2 aromatic rings. The number of carbonyl (C=O) groups excluding carboxylic acids is 1. The summed E-state index contributed by atoms with van der Waals surface area (Å²) in [5.74, 6) is -0.103. The van der Waals surface area contributed by atoms with Gasteiger partial charge in [0.1, 0.15) is 0 Å². The Hall–Kier alpha value is -1.87. The number of nitrogens with one attached hydrogen (secondary N) is 2. The van der Waals surface area contributed by atoms with Crippen LogP contribution >= 0.6 is 28.1 Å². The summed E-state index contributed by atoms with van der Waals surface area (Å²) in [5, 5.41) is 16.5. The van der Waals surface area contributed by atoms with Gasteiger partial charge in [-0.2, -0.15) is 4.80 Å². The molecule has 19 heavy (non-hydrogen) atoms. The zero-order valence-electron chi connectivity index (χ0n) is 9.79. The quantitative estimate of drug-likeness (QED) is 0.796. The van der Waals surface area contributed by atoms with E-state index < -0.39 is 0 Å². The van der Waals surface area contributed by atoms with Crippen molar-refractivity contribution in [1.82, 2.24) is 25.5 Å². The molecule has 2 rings (SSSR count). The number of hydrogen-bond donors (Lipinski definition) is 2. The second-order valence-corrected chi connectivity index (χ2v) is 4.75. The highest BCUT2D eigenvalue weighted by molar-refractivity contribution is 9.10. The molecule has 0 aliphatic heterocycles. The van der Waals surface area contributed by atoms with Crippen LogP contribution in [0.2, 0.25) is 0 Å². The van der Waals surface area contributed by atoms with Gasteiger partial charge in [-0.25, -0.2) is 0 Å². The molecule has 98 valence electrons. The average molecular weight is 341 g/mol. The Bertz CT molecular complexity index is 628. The van der Waals surface area contributed by atoms with Gasteiger partial charge in [0.25, 0.3) is 11.9 Å². The molecule has 0 bridgehead atoms. The van der Waals surface area contributed by atoms with Crippen LogP contribution in [0.5, 0.6) is 0 Å². The standard InChI is InChI=1S/C10H9BrN6OS/c1-17-15-9(14-16-17)13-10(19)12-8(18)6-4-2-3-5-7(6)11/h2-5H,1H3,(H2,12,13,15,18,19). The number of nitrogens with zero attached hydrogens (tertiary/aromatic N) is 4. The van der Waals surface area contributed by atoms with Crippen molar-refractivity contribution in [1.29, 1.82) is 0 Å². The fraction of sp³-hybridized carbons (Fsp3) is 0.100. The van der Waals surface area contributed by atoms with Crippen LogP contribution in [-0.4, -0.2) is 31.2 Å². The summed E-state index contributed by atoms with van der Waals surface area (Å²) in [6.45, 7) is 0. The first-order valence-electron chi connectivity index (χ1n) is 5.17. The molecule has 0 fully saturated rings. The number of benzene rings is 1. The maximum Gasteiger partial charge on any atom is 0.269 e. The highest BCUT2D eigenvalue weighted by atomic mass is 79.9. The Morgan fingerprint density at radius 1 is 1.42 bits per heavy atom. The fourth-order valence-corrected chi connectivity index (χ4v) is 1.93. The summed E-state index contributed by atoms with van der Waals surface area (Å²) in [5.41, 5.74) is 0.485. The minimum absolute atomic E-state index is 0.105. The third-order valence-electron chi connectivity index (χ3n) is 2.08. The van der Waals surface area contributed by atoms with Crippen LogP contribution in [0.25, 0.3) is 0 Å². The molecule has 0 radical (unpaired) electrons. The molecule has 1 heterocycles. The lowest BCUT2D eigenvalue weighted by molar-refractivity contribution is 0.0977. The predicted molar refractivity (Wildman–Crippen MR) is 76.6 cm³/mol. The van der Waals surface area contributed by atoms with Gasteiger partial charge in [0, 0.05) is 4.47 Å². The Labute approximate surface area is 122 Å². The zero-order valence-corrected chi connectivity index (χ0v) is 12.2. The first-order valence-corrected chi connectivity index (χ1v) is 6.37. The second kappa shape index (κ2) is 5.85. The molecular formula is C10H9BrN6OS. The molecule has 0 aliphatic rings. The van der Waals surface area contributed by atoms with Crippen LogP contribution in [-0.2, 0) is 7.05 Å². The van der Waals surface area contributed by atoms with Gasteiger partial charge in [0.2, 0.25) is 0 Å². The van der Waals surface area contributed by atoms with E-state index >= 15 is 0 Å². The maximum absolute atomic E-state index is 11.9. The smallest absolute Gasteiger partial charge is 0.269 e. The van der Waals surface area contributed by atoms with E-state index in [4.69, 9.17) is 12.2 Å². The van der Waals surface area contributed by atoms with Crippen molar-refractivity contribution in [2.75, 3.05) is 5.32 Å². The van der Waals surface area contributed by atoms with E-state index in [0.717, 1.165) is 0 Å². The van der Waals surface area contributed by atoms with Crippen molar-refractivity contribution in [2.45, 2.75) is 0 Å². The molecule has 7 nitrogen and oxygen atoms in total. The number of rotatable bonds is 2. The van der Waals surface area contributed by atoms with E-state index in [1.165, 1.54) is 4.80 Å². The van der Waals surface area contributed by atoms with Gasteiger partial charge >= 0.3 is 0 Å². The van der Waals surface area contributed by atoms with Crippen molar-refractivity contribution < 1.29 is 4.79 Å². The number of thiocarbonyl (C=S) groups is 1. The van der Waals surface area contributed by atoms with Gasteiger partial charge in [0.05, 0.1) is 12.6 Å². The first-order chi connectivity index (χ1) is 9.06. The Morgan fingerprint density at radius 3 is 2.79 bits per heavy atom. The van der Waals surface area contributed by atoms with E-state index in [1.54, 1.807) is 25.2 Å². The second-order valence-electron chi connectivity index (χ2n) is 3.49. The molecule has 0 saturated carbocycles. The Morgan fingerprint density at radius 2 is 2.16 bits per heavy atom. The van der Waals surface area contributed by atoms with Gasteiger partial charge < -0.3 is 0 Å². The van der Waals surface area contributed by atoms with Crippen molar-refractivity contribution in [3.05, 3.63) is 34.3 Å². The summed E-state index contributed by atoms with van der Waals surface area (Å²) >= 11 is 8.28. The number of amides is 1. The molecule has 1 aromatic carbocycles. The van der Waals surface area contributed by atoms with Gasteiger partial charge in [0.15, 0.2) is 5.11 Å². The summed E-state index contributed by atoms with van der Waals surface area (Å²) < 4.78 is 0.688. The van der Waals surface area contributed by atoms with E-state index in [0.29, 0.717) is 10.0 Å². The normalized spacial score (nSPS) is 10.0. The van der Waals surface area contributed by atoms with E-state index in [2.05, 4.69) is 42.0 Å². The van der Waals surface area contributed by atoms with Crippen LogP contribution in [0.4, 0.5) is 5.95 Å². The molecule has 0 atom stereocenters. The van der Waals surface area contributed by atoms with Gasteiger partial charge in [-0.05, 0) is 45.5 Å². The molecule has 0 saturated heterocycles. The molecular weight excluding hydrogens is 332 g/mol. The molecule has 1 amide bonds. The molecule has 0 unspecified atom stereocenters. The maximum atomic E-state index is 11.9. The number of hydrogen-bond acceptors (Lipinski definition) is 5. The van der Waals surface area contributed by atoms with Crippen LogP contribution < -0.4 is 10.6 Å². The van der Waals surface area contributed by atoms with E-state index in [1.807, 2.05) is 6.07 Å². The molecule has 2 N–H and O–H groups in total. The molecule has 9 heteroatoms. The highest BCUT2D eigenvalue weighted by Gasteiger charge is 2.11. The Balaban J connectivity index is 1.99. The predicted octanol–water partition coefficient (Wildman–Crippen LogP) is 1.10. The summed E-state index contributed by atoms with van der Waals surface area (Å²) in [6.07, 6.45) is 0. The lowest BCUT2D eigenvalue weighted by Crippen LogP contribution is -2.34. The fourth-order valence-electron chi connectivity index (χ4n) is 1.28. The Kier molecular flexibility index (Phi) is 4.17. The third-order valence-corrected chi connectivity index (χ3v) is 2.97. The minimum atomic E-state index is -0.325. The largest absolute Gasteiger partial charge is 0.299 e. The van der Waals surface area contributed by atoms with Crippen LogP contribution in [0.3, 0.4) is 0 Å². The van der Waals surface area contributed by atoms with Crippen LogP contribution in [0, 0.1) is 0 Å². The number of carbonyl (C=O) groups is 1. The monoisotopic (exact) mass is 340 g/mol. The van der Waals surface area contributed by atoms with Gasteiger partial charge in [-0.3, -0.25) is 15.4 Å². The van der Waals surface area contributed by atoms with Crippen molar-refractivity contribution >= 4 is 45.1 Å². The molecule has 0 aliphatic carbocycles. The van der Waals surface area contributed by atoms with Crippen molar-refractivity contribution in [3.8, 4) is 0 Å². The van der Waals surface area contributed by atoms with E-state index in [-0.39, 0.29) is 17.0 Å². The molecule has 1 aromatic heterocycles. The number of tetrazole rings is 1. The van der Waals surface area contributed by atoms with Gasteiger partial charge in [-0.15, -0.1) is 5.10 Å². The highest BCUT2D eigenvalue weighted by Crippen LogP contribution is 2.15. The summed E-state index contributed by atoms with van der Waals surface area (Å²) in [7, 11) is 1.63. The summed E-state index contributed by atoms with van der Waals surface area (Å²) in [4.78, 5) is 13.2. The third kappa shape index (κ3) is 3.55. The number of aromatic nitrogens is 4. The van der Waals surface area contributed by atoms with Gasteiger partial charge in [-0.1, -0.05) is 17.2 Å². The summed E-state index contributed by atoms with van der Waals surface area (Å²) in [6, 6.07) is 7.04. The van der Waals surface area contributed by atoms with Crippen molar-refractivity contribution in [3.63, 3.8) is 0 Å². The first kappa shape index (κ1) is 13.6. The lowest BCUT2D eigenvalue weighted by Gasteiger charge is -2.07. The average Bonchev–Trinajstić information content (AvgIpc) is 2.74. The van der Waals surface area contributed by atoms with Crippen molar-refractivity contribution in [2.24, 2.45) is 7.05 Å². The van der Waals surface area contributed by atoms with Crippen LogP contribution in [0.1, 0.15) is 10.4 Å². The number of halogens is 1. The zero-order chi connectivity index (χ0) is 13.8. The topological polar surface area (TPSA) is 84.7 Å². The molecule has 0 spiro atoms. The number of anilines is 1. The van der Waals surface area contributed by atoms with E-state index in [9.17, 15) is 4.79 Å².